The van der Waals surface area contributed by atoms with Gasteiger partial charge in [-0.25, -0.2) is 12.6 Å². The molecule has 8 aliphatic rings. The van der Waals surface area contributed by atoms with Crippen LogP contribution < -0.4 is 0 Å². The van der Waals surface area contributed by atoms with Gasteiger partial charge in [0.25, 0.3) is 0 Å². The van der Waals surface area contributed by atoms with Gasteiger partial charge in [0, 0.05) is 43.6 Å². The smallest absolute Gasteiger partial charge is 0.394 e. The van der Waals surface area contributed by atoms with Crippen LogP contribution in [0.1, 0.15) is 47.4 Å². The fraction of sp³-hybridized carbons (Fsp3) is 0.538. The Morgan fingerprint density at radius 2 is 0.871 bits per heavy atom. The van der Waals surface area contributed by atoms with E-state index < -0.39 is 149 Å². The summed E-state index contributed by atoms with van der Waals surface area (Å²) in [6, 6.07) is 37.9. The highest BCUT2D eigenvalue weighted by molar-refractivity contribution is 8.26. The Hall–Kier alpha value is -3.25. The van der Waals surface area contributed by atoms with E-state index in [1.54, 1.807) is 0 Å². The summed E-state index contributed by atoms with van der Waals surface area (Å²) in [5, 5.41) is 92.0. The molecule has 85 heavy (non-hydrogen) atoms. The van der Waals surface area contributed by atoms with Crippen LogP contribution in [0.2, 0.25) is 0 Å². The van der Waals surface area contributed by atoms with E-state index in [9.17, 15) is 33.1 Å². The first kappa shape index (κ1) is 69.2. The van der Waals surface area contributed by atoms with Crippen LogP contribution in [0.3, 0.4) is 0 Å². The summed E-state index contributed by atoms with van der Waals surface area (Å²) in [5.41, 5.74) is 3.55. The minimum atomic E-state index is -3.90. The van der Waals surface area contributed by atoms with E-state index in [2.05, 4.69) is 30.3 Å². The minimum absolute atomic E-state index is 0.0420. The van der Waals surface area contributed by atoms with Crippen LogP contribution in [-0.4, -0.2) is 219 Å². The Bertz CT molecular complexity index is 2720. The Kier molecular flexibility index (Phi) is 27.8. The van der Waals surface area contributed by atoms with Gasteiger partial charge < -0.3 is 98.4 Å². The third-order valence-electron chi connectivity index (χ3n) is 13.2. The van der Waals surface area contributed by atoms with Gasteiger partial charge in [-0.05, 0) is 0 Å². The molecular formula is C52H66Cl2O28S3. The standard InChI is InChI=1S/C13H16O6.C11H12O6S.C11H12O5S.C11H14O4.C6H12O6.Cl2OS/c14-9-10(15)12(16)18-8-6-17-13(19-11(8)9)7-4-2-1-3-5-7;12-18(13)15-7-9-10(17-18)6-14-11(16-9)8-4-2-1-3-5-8;12-17-14-7-9-10(16-17)6-13-11(15-9)8-4-2-1-3-5-8;12-6-10-9(13)7-14-11(15-10)8-4-2-1-3-5-8;7-1-2-3(8)4(9)5(10)6(11)12-2;1-4(2)3/h1-5,8-16H,6H2;1-5,9-11H,6-7H2;1-5,9-11H,6-7H2;1-5,9-13H,6-7H2;2-11H,1H2;/t8-,9?,10?,11-,12?,13?;9-,10+,11?;9-,10+,11?,17-;9-,10?,11-;2-,3-,4?,5?,6?;/m01100./s1. The van der Waals surface area contributed by atoms with Crippen molar-refractivity contribution < 1.29 is 132 Å². The van der Waals surface area contributed by atoms with Crippen LogP contribution in [-0.2, 0) is 95.1 Å². The van der Waals surface area contributed by atoms with Crippen molar-refractivity contribution in [2.24, 2.45) is 0 Å². The SMILES string of the molecule is O=S(Cl)Cl.O=S1(=O)OC[C@H]2OC(c3ccccc3)OC[C@@H]2O1.O=[S@@]1OC[C@H]2OC(c3ccccc3)OC[C@@H]2O1.OC1O[C@H]2COC(c3ccccc3)O[C@@H]2C(O)C1O.OCC1O[C@@H](c2ccccc2)OC[C@@H]1O.OC[C@@H]1OC(O)C(O)C(O)[C@H]1O. The van der Waals surface area contributed by atoms with E-state index in [4.69, 9.17) is 90.0 Å². The number of hydrogen-bond donors (Lipinski definition) is 10. The number of rotatable bonds is 6. The fourth-order valence-corrected chi connectivity index (χ4v) is 10.3. The average molecular weight is 1310 g/mol. The molecule has 8 heterocycles. The molecule has 0 saturated carbocycles. The third-order valence-corrected chi connectivity index (χ3v) is 14.9. The number of halogens is 2. The van der Waals surface area contributed by atoms with Crippen LogP contribution in [0.25, 0.3) is 0 Å². The molecule has 8 aliphatic heterocycles. The molecule has 474 valence electrons. The summed E-state index contributed by atoms with van der Waals surface area (Å²) in [7, 11) is 3.46. The van der Waals surface area contributed by atoms with Gasteiger partial charge in [0.1, 0.15) is 85.5 Å². The van der Waals surface area contributed by atoms with E-state index in [-0.39, 0.29) is 51.8 Å². The molecule has 4 aromatic rings. The molecule has 0 aliphatic carbocycles. The second kappa shape index (κ2) is 34.1. The lowest BCUT2D eigenvalue weighted by Crippen LogP contribution is -2.61. The largest absolute Gasteiger partial charge is 0.400 e. The Labute approximate surface area is 501 Å². The normalized spacial score (nSPS) is 37.3. The highest BCUT2D eigenvalue weighted by Gasteiger charge is 2.49. The van der Waals surface area contributed by atoms with Crippen molar-refractivity contribution in [2.75, 3.05) is 52.9 Å². The summed E-state index contributed by atoms with van der Waals surface area (Å²) in [4.78, 5) is 0. The van der Waals surface area contributed by atoms with Gasteiger partial charge in [-0.3, -0.25) is 8.37 Å². The minimum Gasteiger partial charge on any atom is -0.394 e. The van der Waals surface area contributed by atoms with Gasteiger partial charge in [-0.2, -0.15) is 12.6 Å². The third kappa shape index (κ3) is 20.4. The number of hydrogen-bond acceptors (Lipinski definition) is 28. The fourth-order valence-electron chi connectivity index (χ4n) is 8.76. The first-order chi connectivity index (χ1) is 40.7. The van der Waals surface area contributed by atoms with Crippen LogP contribution in [0.15, 0.2) is 121 Å². The van der Waals surface area contributed by atoms with Crippen molar-refractivity contribution in [3.05, 3.63) is 144 Å². The van der Waals surface area contributed by atoms with Crippen molar-refractivity contribution in [1.82, 2.24) is 0 Å². The zero-order chi connectivity index (χ0) is 61.2. The topological polar surface area (TPSA) is 400 Å². The van der Waals surface area contributed by atoms with Crippen molar-refractivity contribution in [2.45, 2.75) is 123 Å². The molecule has 33 heteroatoms. The summed E-state index contributed by atoms with van der Waals surface area (Å²) < 4.78 is 116. The lowest BCUT2D eigenvalue weighted by molar-refractivity contribution is -0.354. The van der Waals surface area contributed by atoms with Crippen LogP contribution >= 0.6 is 21.4 Å². The molecule has 4 aromatic carbocycles. The van der Waals surface area contributed by atoms with E-state index in [1.807, 2.05) is 121 Å². The molecule has 10 unspecified atom stereocenters. The van der Waals surface area contributed by atoms with Crippen molar-refractivity contribution in [1.29, 1.82) is 0 Å². The second-order valence-corrected chi connectivity index (χ2v) is 23.7. The summed E-state index contributed by atoms with van der Waals surface area (Å²) >= 11 is -1.67. The van der Waals surface area contributed by atoms with Crippen molar-refractivity contribution >= 4 is 52.4 Å². The number of ether oxygens (including phenoxy) is 10. The van der Waals surface area contributed by atoms with E-state index in [0.717, 1.165) is 22.3 Å². The summed E-state index contributed by atoms with van der Waals surface area (Å²) in [6.45, 7) is 0.390. The molecule has 10 N–H and O–H groups in total. The van der Waals surface area contributed by atoms with Crippen LogP contribution in [0.5, 0.6) is 0 Å². The quantitative estimate of drug-likeness (QED) is 0.111. The zero-order valence-electron chi connectivity index (χ0n) is 44.6. The highest BCUT2D eigenvalue weighted by Crippen LogP contribution is 2.35. The molecule has 12 rings (SSSR count). The Morgan fingerprint density at radius 3 is 1.36 bits per heavy atom. The molecule has 8 fully saturated rings. The maximum Gasteiger partial charge on any atom is 0.400 e. The number of aliphatic hydroxyl groups is 10. The Balaban J connectivity index is 0.000000151. The van der Waals surface area contributed by atoms with Gasteiger partial charge in [0.05, 0.1) is 52.9 Å². The van der Waals surface area contributed by atoms with Crippen molar-refractivity contribution in [3.8, 4) is 0 Å². The first-order valence-electron chi connectivity index (χ1n) is 26.0. The highest BCUT2D eigenvalue weighted by atomic mass is 36.0. The monoisotopic (exact) mass is 1300 g/mol. The van der Waals surface area contributed by atoms with E-state index >= 15 is 0 Å². The predicted octanol–water partition coefficient (Wildman–Crippen LogP) is -0.330. The molecule has 0 spiro atoms. The van der Waals surface area contributed by atoms with Gasteiger partial charge >= 0.3 is 21.8 Å². The molecule has 0 radical (unpaired) electrons. The van der Waals surface area contributed by atoms with Gasteiger partial charge in [-0.15, -0.1) is 0 Å². The predicted molar refractivity (Wildman–Crippen MR) is 291 cm³/mol. The van der Waals surface area contributed by atoms with Gasteiger partial charge in [0.2, 0.25) is 9.23 Å². The van der Waals surface area contributed by atoms with Crippen LogP contribution in [0, 0.1) is 0 Å². The maximum absolute atomic E-state index is 11.1. The molecular weight excluding hydrogens is 1240 g/mol. The molecule has 0 bridgehead atoms. The maximum atomic E-state index is 11.1. The lowest BCUT2D eigenvalue weighted by Gasteiger charge is -2.45. The summed E-state index contributed by atoms with van der Waals surface area (Å²) in [5.74, 6) is 0. The first-order valence-corrected chi connectivity index (χ1v) is 31.2. The number of fused-ring (bicyclic) bond motifs is 3. The Morgan fingerprint density at radius 1 is 0.459 bits per heavy atom. The average Bonchev–Trinajstić information content (AvgIpc) is 2.87. The van der Waals surface area contributed by atoms with Gasteiger partial charge in [0.15, 0.2) is 37.7 Å². The summed E-state index contributed by atoms with van der Waals surface area (Å²) in [6.07, 6.45) is -17.3. The van der Waals surface area contributed by atoms with Crippen molar-refractivity contribution in [3.63, 3.8) is 0 Å². The number of aliphatic hydroxyl groups excluding tert-OH is 10. The molecule has 8 saturated heterocycles. The molecule has 28 nitrogen and oxygen atoms in total. The molecule has 21 atom stereocenters. The lowest BCUT2D eigenvalue weighted by atomic mass is 9.98. The van der Waals surface area contributed by atoms with E-state index in [0.29, 0.717) is 6.61 Å². The zero-order valence-corrected chi connectivity index (χ0v) is 48.5. The van der Waals surface area contributed by atoms with E-state index in [1.165, 1.54) is 0 Å². The van der Waals surface area contributed by atoms with Gasteiger partial charge in [-0.1, -0.05) is 121 Å². The van der Waals surface area contributed by atoms with Crippen LogP contribution in [0.4, 0.5) is 0 Å². The second-order valence-electron chi connectivity index (χ2n) is 19.1. The number of benzene rings is 4. The molecule has 0 aromatic heterocycles. The molecule has 0 amide bonds.